The van der Waals surface area contributed by atoms with Crippen molar-refractivity contribution in [3.05, 3.63) is 46.8 Å². The standard InChI is InChI=1S/C18H23N3O2S/c1-5-20(6-2)16(22)12-24-18-19-15-10-8-7-9-14(15)17(23)21(18)11-13(3)4/h7-10H,3,5-6,11-12H2,1-2,4H3. The maximum Gasteiger partial charge on any atom is 0.262 e. The van der Waals surface area contributed by atoms with E-state index in [0.29, 0.717) is 35.7 Å². The van der Waals surface area contributed by atoms with Crippen LogP contribution in [-0.4, -0.2) is 39.2 Å². The van der Waals surface area contributed by atoms with Crippen LogP contribution in [0.1, 0.15) is 20.8 Å². The second-order valence-corrected chi connectivity index (χ2v) is 6.56. The highest BCUT2D eigenvalue weighted by atomic mass is 32.2. The maximum atomic E-state index is 12.7. The number of hydrogen-bond donors (Lipinski definition) is 0. The number of allylic oxidation sites excluding steroid dienone is 1. The number of carbonyl (C=O) groups is 1. The predicted octanol–water partition coefficient (Wildman–Crippen LogP) is 2.93. The topological polar surface area (TPSA) is 55.2 Å². The van der Waals surface area contributed by atoms with Gasteiger partial charge < -0.3 is 4.90 Å². The van der Waals surface area contributed by atoms with Crippen molar-refractivity contribution in [3.8, 4) is 0 Å². The van der Waals surface area contributed by atoms with Gasteiger partial charge in [0.15, 0.2) is 5.16 Å². The first-order valence-corrected chi connectivity index (χ1v) is 9.01. The Morgan fingerprint density at radius 2 is 1.96 bits per heavy atom. The summed E-state index contributed by atoms with van der Waals surface area (Å²) >= 11 is 1.30. The molecule has 0 bridgehead atoms. The van der Waals surface area contributed by atoms with Gasteiger partial charge in [0.1, 0.15) is 0 Å². The summed E-state index contributed by atoms with van der Waals surface area (Å²) in [5.74, 6) is 0.317. The summed E-state index contributed by atoms with van der Waals surface area (Å²) in [5.41, 5.74) is 1.42. The number of benzene rings is 1. The third-order valence-electron chi connectivity index (χ3n) is 3.70. The number of thioether (sulfide) groups is 1. The van der Waals surface area contributed by atoms with Gasteiger partial charge in [-0.1, -0.05) is 36.0 Å². The molecule has 2 aromatic rings. The summed E-state index contributed by atoms with van der Waals surface area (Å²) in [6, 6.07) is 7.27. The van der Waals surface area contributed by atoms with E-state index in [1.165, 1.54) is 11.8 Å². The van der Waals surface area contributed by atoms with Crippen LogP contribution in [0.15, 0.2) is 46.4 Å². The minimum Gasteiger partial charge on any atom is -0.343 e. The fraction of sp³-hybridized carbons (Fsp3) is 0.389. The molecule has 0 radical (unpaired) electrons. The molecule has 1 aromatic heterocycles. The molecule has 0 aliphatic carbocycles. The highest BCUT2D eigenvalue weighted by Gasteiger charge is 2.15. The second-order valence-electron chi connectivity index (χ2n) is 5.61. The van der Waals surface area contributed by atoms with Crippen LogP contribution in [0.5, 0.6) is 0 Å². The van der Waals surface area contributed by atoms with E-state index in [-0.39, 0.29) is 17.2 Å². The smallest absolute Gasteiger partial charge is 0.262 e. The quantitative estimate of drug-likeness (QED) is 0.440. The summed E-state index contributed by atoms with van der Waals surface area (Å²) in [7, 11) is 0. The molecule has 1 amide bonds. The molecule has 0 unspecified atom stereocenters. The van der Waals surface area contributed by atoms with E-state index in [2.05, 4.69) is 11.6 Å². The average molecular weight is 345 g/mol. The fourth-order valence-electron chi connectivity index (χ4n) is 2.46. The number of hydrogen-bond acceptors (Lipinski definition) is 4. The van der Waals surface area contributed by atoms with Gasteiger partial charge in [0, 0.05) is 19.6 Å². The van der Waals surface area contributed by atoms with Crippen LogP contribution in [0.2, 0.25) is 0 Å². The van der Waals surface area contributed by atoms with E-state index in [9.17, 15) is 9.59 Å². The van der Waals surface area contributed by atoms with Gasteiger partial charge >= 0.3 is 0 Å². The molecular weight excluding hydrogens is 322 g/mol. The molecule has 6 heteroatoms. The van der Waals surface area contributed by atoms with Crippen LogP contribution < -0.4 is 5.56 Å². The minimum atomic E-state index is -0.0959. The molecule has 0 atom stereocenters. The molecule has 0 spiro atoms. The van der Waals surface area contributed by atoms with Crippen LogP contribution in [-0.2, 0) is 11.3 Å². The highest BCUT2D eigenvalue weighted by Crippen LogP contribution is 2.19. The van der Waals surface area contributed by atoms with Crippen molar-refractivity contribution in [3.63, 3.8) is 0 Å². The zero-order valence-corrected chi connectivity index (χ0v) is 15.2. The molecule has 5 nitrogen and oxygen atoms in total. The molecule has 128 valence electrons. The van der Waals surface area contributed by atoms with Crippen molar-refractivity contribution < 1.29 is 4.79 Å². The molecule has 1 heterocycles. The monoisotopic (exact) mass is 345 g/mol. The molecule has 0 fully saturated rings. The first-order valence-electron chi connectivity index (χ1n) is 8.02. The van der Waals surface area contributed by atoms with Gasteiger partial charge in [-0.05, 0) is 32.9 Å². The molecule has 0 saturated carbocycles. The zero-order chi connectivity index (χ0) is 17.7. The van der Waals surface area contributed by atoms with Crippen molar-refractivity contribution in [2.45, 2.75) is 32.5 Å². The Morgan fingerprint density at radius 1 is 1.29 bits per heavy atom. The van der Waals surface area contributed by atoms with E-state index in [1.807, 2.05) is 39.0 Å². The zero-order valence-electron chi connectivity index (χ0n) is 14.4. The van der Waals surface area contributed by atoms with Crippen molar-refractivity contribution in [1.82, 2.24) is 14.5 Å². The molecule has 0 N–H and O–H groups in total. The molecule has 1 aromatic carbocycles. The van der Waals surface area contributed by atoms with Gasteiger partial charge in [0.25, 0.3) is 5.56 Å². The molecule has 0 saturated heterocycles. The van der Waals surface area contributed by atoms with Crippen molar-refractivity contribution in [1.29, 1.82) is 0 Å². The van der Waals surface area contributed by atoms with E-state index >= 15 is 0 Å². The molecule has 0 aliphatic heterocycles. The summed E-state index contributed by atoms with van der Waals surface area (Å²) in [5, 5.41) is 1.14. The van der Waals surface area contributed by atoms with Crippen LogP contribution >= 0.6 is 11.8 Å². The van der Waals surface area contributed by atoms with Crippen LogP contribution in [0.3, 0.4) is 0 Å². The Hall–Kier alpha value is -2.08. The summed E-state index contributed by atoms with van der Waals surface area (Å²) in [6.07, 6.45) is 0. The normalized spacial score (nSPS) is 10.8. The van der Waals surface area contributed by atoms with Gasteiger partial charge in [-0.25, -0.2) is 4.98 Å². The van der Waals surface area contributed by atoms with E-state index in [1.54, 1.807) is 15.5 Å². The number of nitrogens with zero attached hydrogens (tertiary/aromatic N) is 3. The first kappa shape index (κ1) is 18.3. The highest BCUT2D eigenvalue weighted by molar-refractivity contribution is 7.99. The van der Waals surface area contributed by atoms with Gasteiger partial charge in [-0.3, -0.25) is 14.2 Å². The maximum absolute atomic E-state index is 12.7. The molecule has 0 aliphatic rings. The molecular formula is C18H23N3O2S. The van der Waals surface area contributed by atoms with Crippen molar-refractivity contribution in [2.75, 3.05) is 18.8 Å². The van der Waals surface area contributed by atoms with Gasteiger partial charge in [0.2, 0.25) is 5.91 Å². The lowest BCUT2D eigenvalue weighted by molar-refractivity contribution is -0.127. The first-order chi connectivity index (χ1) is 11.5. The van der Waals surface area contributed by atoms with E-state index in [4.69, 9.17) is 0 Å². The lowest BCUT2D eigenvalue weighted by atomic mass is 10.2. The third kappa shape index (κ3) is 4.06. The summed E-state index contributed by atoms with van der Waals surface area (Å²) < 4.78 is 1.60. The Kier molecular flexibility index (Phi) is 6.20. The number of aromatic nitrogens is 2. The number of rotatable bonds is 7. The van der Waals surface area contributed by atoms with Gasteiger partial charge in [-0.2, -0.15) is 0 Å². The van der Waals surface area contributed by atoms with Gasteiger partial charge in [0.05, 0.1) is 16.7 Å². The predicted molar refractivity (Wildman–Crippen MR) is 99.5 cm³/mol. The number of fused-ring (bicyclic) bond motifs is 1. The minimum absolute atomic E-state index is 0.0503. The largest absolute Gasteiger partial charge is 0.343 e. The van der Waals surface area contributed by atoms with Crippen LogP contribution in [0, 0.1) is 0 Å². The van der Waals surface area contributed by atoms with Crippen LogP contribution in [0.25, 0.3) is 10.9 Å². The SMILES string of the molecule is C=C(C)Cn1c(SCC(=O)N(CC)CC)nc2ccccc2c1=O. The number of amides is 1. The molecule has 24 heavy (non-hydrogen) atoms. The van der Waals surface area contributed by atoms with E-state index < -0.39 is 0 Å². The third-order valence-corrected chi connectivity index (χ3v) is 4.66. The lowest BCUT2D eigenvalue weighted by Gasteiger charge is -2.19. The average Bonchev–Trinajstić information content (AvgIpc) is 2.56. The van der Waals surface area contributed by atoms with Crippen molar-refractivity contribution >= 4 is 28.6 Å². The summed E-state index contributed by atoms with van der Waals surface area (Å²) in [6.45, 7) is 11.4. The Morgan fingerprint density at radius 3 is 2.58 bits per heavy atom. The second kappa shape index (κ2) is 8.15. The lowest BCUT2D eigenvalue weighted by Crippen LogP contribution is -2.32. The fourth-order valence-corrected chi connectivity index (χ4v) is 3.36. The Bertz CT molecular complexity index is 810. The van der Waals surface area contributed by atoms with Gasteiger partial charge in [-0.15, -0.1) is 0 Å². The van der Waals surface area contributed by atoms with Crippen molar-refractivity contribution in [2.24, 2.45) is 0 Å². The Balaban J connectivity index is 2.38. The number of para-hydroxylation sites is 1. The van der Waals surface area contributed by atoms with E-state index in [0.717, 1.165) is 5.57 Å². The summed E-state index contributed by atoms with van der Waals surface area (Å²) in [4.78, 5) is 31.3. The number of carbonyl (C=O) groups excluding carboxylic acids is 1. The Labute approximate surface area is 146 Å². The van der Waals surface area contributed by atoms with Crippen LogP contribution in [0.4, 0.5) is 0 Å². The molecule has 2 rings (SSSR count).